The lowest BCUT2D eigenvalue weighted by Gasteiger charge is -2.33. The highest BCUT2D eigenvalue weighted by molar-refractivity contribution is 7.80. The zero-order valence-corrected chi connectivity index (χ0v) is 23.7. The number of benzene rings is 2. The van der Waals surface area contributed by atoms with E-state index in [2.05, 4.69) is 66.5 Å². The Bertz CT molecular complexity index is 1550. The van der Waals surface area contributed by atoms with Crippen molar-refractivity contribution in [1.29, 1.82) is 0 Å². The number of fused-ring (bicyclic) bond motifs is 1. The topological polar surface area (TPSA) is 111 Å². The number of hydrogen-bond acceptors (Lipinski definition) is 9. The van der Waals surface area contributed by atoms with E-state index in [1.54, 1.807) is 11.3 Å². The number of hydrogen-bond donors (Lipinski definition) is 3. The first-order valence-corrected chi connectivity index (χ1v) is 14.2. The summed E-state index contributed by atoms with van der Waals surface area (Å²) in [5, 5.41) is 16.8. The molecule has 4 heterocycles. The number of thiazole rings is 1. The van der Waals surface area contributed by atoms with Crippen molar-refractivity contribution in [3.05, 3.63) is 71.4 Å². The Balaban J connectivity index is 0.00000294. The highest BCUT2D eigenvalue weighted by atomic mass is 35.5. The molecule has 5 aromatic rings. The molecule has 38 heavy (non-hydrogen) atoms. The van der Waals surface area contributed by atoms with E-state index in [0.717, 1.165) is 47.3 Å². The Kier molecular flexibility index (Phi) is 7.80. The molecule has 1 saturated heterocycles. The average Bonchev–Trinajstić information content (AvgIpc) is 3.68. The van der Waals surface area contributed by atoms with E-state index in [-0.39, 0.29) is 12.4 Å². The van der Waals surface area contributed by atoms with Gasteiger partial charge in [-0.25, -0.2) is 4.98 Å². The zero-order chi connectivity index (χ0) is 25.4. The van der Waals surface area contributed by atoms with Crippen LogP contribution in [0.3, 0.4) is 0 Å². The zero-order valence-electron chi connectivity index (χ0n) is 20.4. The van der Waals surface area contributed by atoms with Gasteiger partial charge in [0.15, 0.2) is 5.13 Å². The highest BCUT2D eigenvalue weighted by Gasteiger charge is 2.24. The molecule has 1 fully saturated rings. The Morgan fingerprint density at radius 3 is 2.68 bits per heavy atom. The number of rotatable bonds is 7. The molecule has 0 unspecified atom stereocenters. The summed E-state index contributed by atoms with van der Waals surface area (Å²) < 4.78 is 2.46. The maximum absolute atomic E-state index is 5.95. The number of nitrogen functional groups attached to an aromatic ring is 1. The summed E-state index contributed by atoms with van der Waals surface area (Å²) in [4.78, 5) is 7.31. The third-order valence-corrected chi connectivity index (χ3v) is 8.57. The molecule has 5 N–H and O–H groups in total. The fourth-order valence-corrected chi connectivity index (χ4v) is 6.30. The van der Waals surface area contributed by atoms with Crippen LogP contribution in [0.5, 0.6) is 0 Å². The van der Waals surface area contributed by atoms with E-state index in [4.69, 9.17) is 23.7 Å². The van der Waals surface area contributed by atoms with Crippen molar-refractivity contribution in [3.8, 4) is 11.1 Å². The first-order valence-electron chi connectivity index (χ1n) is 12.1. The molecule has 0 bridgehead atoms. The molecule has 1 aliphatic rings. The number of nitrogens with zero attached hydrogens (tertiary/aromatic N) is 5. The van der Waals surface area contributed by atoms with Gasteiger partial charge in [-0.3, -0.25) is 0 Å². The van der Waals surface area contributed by atoms with Gasteiger partial charge in [0.1, 0.15) is 4.99 Å². The molecule has 0 radical (unpaired) electrons. The van der Waals surface area contributed by atoms with Crippen molar-refractivity contribution >= 4 is 78.6 Å². The molecule has 0 aliphatic carbocycles. The fourth-order valence-electron chi connectivity index (χ4n) is 4.97. The molecule has 0 atom stereocenters. The number of halogens is 1. The van der Waals surface area contributed by atoms with Gasteiger partial charge < -0.3 is 26.3 Å². The Morgan fingerprint density at radius 1 is 1.13 bits per heavy atom. The van der Waals surface area contributed by atoms with Gasteiger partial charge in [0, 0.05) is 65.5 Å². The maximum atomic E-state index is 5.95. The van der Waals surface area contributed by atoms with Crippen molar-refractivity contribution in [2.24, 2.45) is 5.73 Å². The van der Waals surface area contributed by atoms with E-state index >= 15 is 0 Å². The van der Waals surface area contributed by atoms with Crippen LogP contribution >= 0.6 is 47.3 Å². The molecular formula is C26H27ClN8S3. The summed E-state index contributed by atoms with van der Waals surface area (Å²) in [6, 6.07) is 15.2. The third-order valence-electron chi connectivity index (χ3n) is 6.79. The number of nitrogens with one attached hydrogen (secondary N) is 1. The molecule has 196 valence electrons. The molecule has 3 aromatic heterocycles. The lowest BCUT2D eigenvalue weighted by Crippen LogP contribution is -2.34. The lowest BCUT2D eigenvalue weighted by molar-refractivity contribution is 0.405. The summed E-state index contributed by atoms with van der Waals surface area (Å²) in [6.07, 6.45) is 6.30. The van der Waals surface area contributed by atoms with Gasteiger partial charge in [-0.05, 0) is 36.1 Å². The maximum Gasteiger partial charge on any atom is 0.207 e. The molecule has 2 aromatic carbocycles. The van der Waals surface area contributed by atoms with Gasteiger partial charge in [0.05, 0.1) is 0 Å². The lowest BCUT2D eigenvalue weighted by atomic mass is 10.0. The van der Waals surface area contributed by atoms with Crippen LogP contribution in [0.15, 0.2) is 60.2 Å². The number of thiocarbonyl (C=S) groups is 1. The Morgan fingerprint density at radius 2 is 1.97 bits per heavy atom. The monoisotopic (exact) mass is 582 g/mol. The molecule has 8 nitrogen and oxygen atoms in total. The second kappa shape index (κ2) is 11.2. The van der Waals surface area contributed by atoms with Gasteiger partial charge in [-0.2, -0.15) is 0 Å². The third kappa shape index (κ3) is 5.32. The summed E-state index contributed by atoms with van der Waals surface area (Å²) >= 11 is 8.30. The smallest absolute Gasteiger partial charge is 0.207 e. The van der Waals surface area contributed by atoms with Crippen LogP contribution in [-0.2, 0) is 6.54 Å². The largest absolute Gasteiger partial charge is 0.389 e. The minimum absolute atomic E-state index is 0. The number of anilines is 3. The molecule has 6 rings (SSSR count). The van der Waals surface area contributed by atoms with Crippen LogP contribution in [0.4, 0.5) is 15.4 Å². The standard InChI is InChI=1S/C26H26N8S3.ClH/c27-23(35)18-3-1-2-17(13-18)21-15-34(19-6-9-33(10-7-19)26-29-8-11-36-26)22-12-16(4-5-20(21)22)14-30-25-32-31-24(28)37-25;/h1-5,8,11-13,15,19H,6-7,9-10,14H2,(H2,27,35)(H2,28,31)(H,30,32);1H. The molecular weight excluding hydrogens is 556 g/mol. The first-order chi connectivity index (χ1) is 18.0. The quantitative estimate of drug-likeness (QED) is 0.209. The van der Waals surface area contributed by atoms with Gasteiger partial charge >= 0.3 is 0 Å². The van der Waals surface area contributed by atoms with E-state index in [0.29, 0.717) is 22.7 Å². The van der Waals surface area contributed by atoms with Crippen molar-refractivity contribution in [3.63, 3.8) is 0 Å². The molecule has 1 aliphatic heterocycles. The summed E-state index contributed by atoms with van der Waals surface area (Å²) in [7, 11) is 0. The Hall–Kier alpha value is -3.25. The minimum Gasteiger partial charge on any atom is -0.389 e. The van der Waals surface area contributed by atoms with Crippen LogP contribution in [-0.4, -0.2) is 37.8 Å². The number of piperidine rings is 1. The second-order valence-corrected chi connectivity index (χ2v) is 11.4. The molecule has 0 spiro atoms. The first kappa shape index (κ1) is 26.4. The predicted octanol–water partition coefficient (Wildman–Crippen LogP) is 5.71. The van der Waals surface area contributed by atoms with Gasteiger partial charge in [-0.1, -0.05) is 53.9 Å². The van der Waals surface area contributed by atoms with Crippen LogP contribution in [0.1, 0.15) is 30.0 Å². The molecule has 12 heteroatoms. The normalized spacial score (nSPS) is 13.9. The fraction of sp³-hybridized carbons (Fsp3) is 0.231. The van der Waals surface area contributed by atoms with Crippen LogP contribution < -0.4 is 21.7 Å². The van der Waals surface area contributed by atoms with Crippen molar-refractivity contribution < 1.29 is 0 Å². The second-order valence-electron chi connectivity index (χ2n) is 9.08. The van der Waals surface area contributed by atoms with E-state index in [1.165, 1.54) is 33.4 Å². The highest BCUT2D eigenvalue weighted by Crippen LogP contribution is 2.37. The minimum atomic E-state index is 0. The summed E-state index contributed by atoms with van der Waals surface area (Å²) in [6.45, 7) is 2.62. The van der Waals surface area contributed by atoms with Crippen molar-refractivity contribution in [2.75, 3.05) is 29.0 Å². The van der Waals surface area contributed by atoms with Crippen LogP contribution in [0.25, 0.3) is 22.0 Å². The van der Waals surface area contributed by atoms with Gasteiger partial charge in [0.25, 0.3) is 0 Å². The number of aromatic nitrogens is 4. The molecule has 0 saturated carbocycles. The summed E-state index contributed by atoms with van der Waals surface area (Å²) in [5.41, 5.74) is 17.2. The van der Waals surface area contributed by atoms with E-state index < -0.39 is 0 Å². The van der Waals surface area contributed by atoms with Gasteiger partial charge in [0.2, 0.25) is 10.3 Å². The van der Waals surface area contributed by atoms with E-state index in [9.17, 15) is 0 Å². The van der Waals surface area contributed by atoms with E-state index in [1.807, 2.05) is 23.7 Å². The average molecular weight is 583 g/mol. The number of nitrogens with two attached hydrogens (primary N) is 2. The summed E-state index contributed by atoms with van der Waals surface area (Å²) in [5.74, 6) is 0. The SMILES string of the molecule is Cl.NC(=S)c1cccc(-c2cn(C3CCN(c4nccs4)CC3)c3cc(CNc4nnc(N)s4)ccc23)c1. The van der Waals surface area contributed by atoms with Gasteiger partial charge in [-0.15, -0.1) is 33.9 Å². The Labute approximate surface area is 240 Å². The predicted molar refractivity (Wildman–Crippen MR) is 165 cm³/mol. The molecule has 0 amide bonds. The van der Waals surface area contributed by atoms with Crippen molar-refractivity contribution in [1.82, 2.24) is 19.7 Å². The van der Waals surface area contributed by atoms with Crippen molar-refractivity contribution in [2.45, 2.75) is 25.4 Å². The van der Waals surface area contributed by atoms with Crippen LogP contribution in [0.2, 0.25) is 0 Å². The van der Waals surface area contributed by atoms with Crippen LogP contribution in [0, 0.1) is 0 Å².